The summed E-state index contributed by atoms with van der Waals surface area (Å²) in [5, 5.41) is 9.49. The van der Waals surface area contributed by atoms with Gasteiger partial charge in [-0.05, 0) is 91.6 Å². The smallest absolute Gasteiger partial charge is 0.417 e. The number of hydrogen-bond donors (Lipinski definition) is 0. The minimum Gasteiger partial charge on any atom is -0.457 e. The molecule has 0 amide bonds. The quantitative estimate of drug-likeness (QED) is 0.263. The maximum absolute atomic E-state index is 13.9. The first-order valence-electron chi connectivity index (χ1n) is 12.3. The summed E-state index contributed by atoms with van der Waals surface area (Å²) in [6.45, 7) is 5.61. The molecular weight excluding hydrogens is 503 g/mol. The van der Waals surface area contributed by atoms with Gasteiger partial charge in [0.25, 0.3) is 5.56 Å². The van der Waals surface area contributed by atoms with E-state index in [9.17, 15) is 23.2 Å². The fraction of sp³-hybridized carbons (Fsp3) is 0.226. The van der Waals surface area contributed by atoms with E-state index in [1.165, 1.54) is 10.6 Å². The topological polar surface area (TPSA) is 58.3 Å². The summed E-state index contributed by atoms with van der Waals surface area (Å²) in [4.78, 5) is 15.3. The van der Waals surface area contributed by atoms with Gasteiger partial charge in [-0.2, -0.15) is 18.4 Å². The molecule has 0 aliphatic heterocycles. The highest BCUT2D eigenvalue weighted by Crippen LogP contribution is 2.35. The predicted molar refractivity (Wildman–Crippen MR) is 146 cm³/mol. The molecule has 0 saturated heterocycles. The van der Waals surface area contributed by atoms with Crippen molar-refractivity contribution in [2.45, 2.75) is 33.5 Å². The molecule has 5 nitrogen and oxygen atoms in total. The number of nitrogens with zero attached hydrogens (tertiary/aromatic N) is 3. The second-order valence-corrected chi connectivity index (χ2v) is 9.72. The van der Waals surface area contributed by atoms with Gasteiger partial charge in [0.15, 0.2) is 0 Å². The highest BCUT2D eigenvalue weighted by molar-refractivity contribution is 5.65. The summed E-state index contributed by atoms with van der Waals surface area (Å²) >= 11 is 0. The summed E-state index contributed by atoms with van der Waals surface area (Å²) in [6, 6.07) is 20.5. The normalized spacial score (nSPS) is 11.3. The minimum absolute atomic E-state index is 0.0165. The molecule has 0 fully saturated rings. The van der Waals surface area contributed by atoms with Crippen molar-refractivity contribution in [3.63, 3.8) is 0 Å². The van der Waals surface area contributed by atoms with Crippen LogP contribution >= 0.6 is 0 Å². The van der Waals surface area contributed by atoms with Crippen molar-refractivity contribution < 1.29 is 17.9 Å². The number of alkyl halides is 3. The number of rotatable bonds is 6. The first-order chi connectivity index (χ1) is 18.4. The molecule has 39 heavy (non-hydrogen) atoms. The van der Waals surface area contributed by atoms with Gasteiger partial charge in [0.2, 0.25) is 0 Å². The molecule has 0 atom stereocenters. The van der Waals surface area contributed by atoms with E-state index in [0.717, 1.165) is 28.4 Å². The van der Waals surface area contributed by atoms with Crippen LogP contribution in [0.3, 0.4) is 0 Å². The average molecular weight is 532 g/mol. The number of ether oxygens (including phenoxy) is 1. The minimum atomic E-state index is -4.87. The van der Waals surface area contributed by atoms with Crippen molar-refractivity contribution in [2.75, 3.05) is 19.0 Å². The molecule has 0 saturated carbocycles. The fourth-order valence-electron chi connectivity index (χ4n) is 4.43. The van der Waals surface area contributed by atoms with Crippen LogP contribution in [0.2, 0.25) is 0 Å². The van der Waals surface area contributed by atoms with E-state index in [1.807, 2.05) is 75.3 Å². The Hall–Kier alpha value is -4.51. The Kier molecular flexibility index (Phi) is 7.55. The Bertz CT molecular complexity index is 1630. The van der Waals surface area contributed by atoms with Gasteiger partial charge in [0.05, 0.1) is 17.8 Å². The number of anilines is 1. The monoisotopic (exact) mass is 531 g/mol. The molecule has 1 heterocycles. The largest absolute Gasteiger partial charge is 0.457 e. The maximum atomic E-state index is 13.9. The number of hydrogen-bond acceptors (Lipinski definition) is 4. The molecule has 8 heteroatoms. The molecule has 0 bridgehead atoms. The van der Waals surface area contributed by atoms with Gasteiger partial charge in [-0.25, -0.2) is 0 Å². The molecular formula is C31H28F3N3O2. The first-order valence-corrected chi connectivity index (χ1v) is 12.3. The number of aryl methyl sites for hydroxylation is 3. The van der Waals surface area contributed by atoms with Crippen LogP contribution in [0.5, 0.6) is 11.5 Å². The third-order valence-electron chi connectivity index (χ3n) is 6.60. The Morgan fingerprint density at radius 1 is 0.923 bits per heavy atom. The van der Waals surface area contributed by atoms with Gasteiger partial charge in [-0.1, -0.05) is 23.8 Å². The zero-order valence-corrected chi connectivity index (χ0v) is 22.3. The number of aromatic nitrogens is 1. The van der Waals surface area contributed by atoms with Crippen LogP contribution in [-0.4, -0.2) is 18.7 Å². The van der Waals surface area contributed by atoms with Crippen molar-refractivity contribution in [1.82, 2.24) is 4.57 Å². The fourth-order valence-corrected chi connectivity index (χ4v) is 4.43. The van der Waals surface area contributed by atoms with Crippen LogP contribution in [0.15, 0.2) is 71.5 Å². The lowest BCUT2D eigenvalue weighted by molar-refractivity contribution is -0.137. The molecule has 200 valence electrons. The molecule has 4 aromatic rings. The number of benzene rings is 3. The zero-order chi connectivity index (χ0) is 28.5. The van der Waals surface area contributed by atoms with Crippen molar-refractivity contribution in [3.8, 4) is 28.8 Å². The molecule has 0 radical (unpaired) electrons. The van der Waals surface area contributed by atoms with Crippen LogP contribution in [-0.2, 0) is 12.7 Å². The lowest BCUT2D eigenvalue weighted by Crippen LogP contribution is -2.29. The van der Waals surface area contributed by atoms with E-state index >= 15 is 0 Å². The molecule has 0 spiro atoms. The van der Waals surface area contributed by atoms with Crippen LogP contribution in [0.1, 0.15) is 33.4 Å². The summed E-state index contributed by atoms with van der Waals surface area (Å²) < 4.78 is 49.0. The second-order valence-electron chi connectivity index (χ2n) is 9.72. The van der Waals surface area contributed by atoms with E-state index in [0.29, 0.717) is 22.6 Å². The zero-order valence-electron chi connectivity index (χ0n) is 22.3. The van der Waals surface area contributed by atoms with Crippen LogP contribution < -0.4 is 15.2 Å². The SMILES string of the molecule is Cc1ccc(Cn2c(-c3ccc(Oc4ccc(N(C)C)cc4)c(C)c3)cc(C(F)(F)F)c(C#N)c2=O)c(C)c1. The Balaban J connectivity index is 1.82. The van der Waals surface area contributed by atoms with E-state index in [-0.39, 0.29) is 12.2 Å². The third kappa shape index (κ3) is 5.83. The van der Waals surface area contributed by atoms with Crippen LogP contribution in [0.4, 0.5) is 18.9 Å². The maximum Gasteiger partial charge on any atom is 0.417 e. The Labute approximate surface area is 225 Å². The lowest BCUT2D eigenvalue weighted by Gasteiger charge is -2.19. The molecule has 0 aliphatic rings. The van der Waals surface area contributed by atoms with Crippen molar-refractivity contribution in [3.05, 3.63) is 110 Å². The van der Waals surface area contributed by atoms with Gasteiger partial charge < -0.3 is 14.2 Å². The van der Waals surface area contributed by atoms with Crippen LogP contribution in [0, 0.1) is 32.1 Å². The second kappa shape index (κ2) is 10.7. The van der Waals surface area contributed by atoms with E-state index in [2.05, 4.69) is 0 Å². The van der Waals surface area contributed by atoms with Gasteiger partial charge >= 0.3 is 6.18 Å². The average Bonchev–Trinajstić information content (AvgIpc) is 2.87. The molecule has 1 aromatic heterocycles. The van der Waals surface area contributed by atoms with Crippen LogP contribution in [0.25, 0.3) is 11.3 Å². The van der Waals surface area contributed by atoms with Gasteiger partial charge in [0, 0.05) is 19.8 Å². The standard InChI is InChI=1S/C31H28F3N3O2/c1-19-6-7-23(20(2)14-19)18-37-28(16-27(31(32,33)34)26(17-35)30(37)38)22-8-13-29(21(3)15-22)39-25-11-9-24(10-12-25)36(4)5/h6-16H,18H2,1-5H3. The van der Waals surface area contributed by atoms with Gasteiger partial charge in [-0.3, -0.25) is 4.79 Å². The van der Waals surface area contributed by atoms with Crippen molar-refractivity contribution in [2.24, 2.45) is 0 Å². The van der Waals surface area contributed by atoms with E-state index in [4.69, 9.17) is 4.74 Å². The van der Waals surface area contributed by atoms with E-state index in [1.54, 1.807) is 25.1 Å². The van der Waals surface area contributed by atoms with Crippen molar-refractivity contribution >= 4 is 5.69 Å². The Morgan fingerprint density at radius 2 is 1.62 bits per heavy atom. The third-order valence-corrected chi connectivity index (χ3v) is 6.60. The van der Waals surface area contributed by atoms with Crippen molar-refractivity contribution in [1.29, 1.82) is 5.26 Å². The summed E-state index contributed by atoms with van der Waals surface area (Å²) in [5.41, 5.74) is 1.69. The number of nitriles is 1. The first kappa shape index (κ1) is 27.5. The molecule has 0 N–H and O–H groups in total. The molecule has 4 rings (SSSR count). The Morgan fingerprint density at radius 3 is 2.18 bits per heavy atom. The van der Waals surface area contributed by atoms with Gasteiger partial charge in [0.1, 0.15) is 23.1 Å². The highest BCUT2D eigenvalue weighted by Gasteiger charge is 2.36. The van der Waals surface area contributed by atoms with E-state index < -0.39 is 22.9 Å². The highest BCUT2D eigenvalue weighted by atomic mass is 19.4. The summed E-state index contributed by atoms with van der Waals surface area (Å²) in [6.07, 6.45) is -4.87. The number of pyridine rings is 1. The summed E-state index contributed by atoms with van der Waals surface area (Å²) in [7, 11) is 3.87. The van der Waals surface area contributed by atoms with Gasteiger partial charge in [-0.15, -0.1) is 0 Å². The molecule has 3 aromatic carbocycles. The molecule has 0 aliphatic carbocycles. The lowest BCUT2D eigenvalue weighted by atomic mass is 10.0. The summed E-state index contributed by atoms with van der Waals surface area (Å²) in [5.74, 6) is 1.14. The number of halogens is 3. The predicted octanol–water partition coefficient (Wildman–Crippen LogP) is 7.24. The molecule has 0 unspecified atom stereocenters.